The second-order valence-corrected chi connectivity index (χ2v) is 8.45. The maximum atomic E-state index is 12.5. The molecule has 9 nitrogen and oxygen atoms in total. The second-order valence-electron chi connectivity index (χ2n) is 8.45. The number of carbonyl (C=O) groups excluding carboxylic acids is 1. The van der Waals surface area contributed by atoms with Crippen molar-refractivity contribution >= 4 is 28.8 Å². The fraction of sp³-hybridized carbons (Fsp3) is 0.522. The molecule has 2 aromatic heterocycles. The molecular formula is C23H32N6O3. The number of amides is 1. The molecule has 1 atom stereocenters. The average molecular weight is 441 g/mol. The predicted molar refractivity (Wildman–Crippen MR) is 125 cm³/mol. The van der Waals surface area contributed by atoms with Crippen LogP contribution in [0.25, 0.3) is 0 Å². The number of nitrogen functional groups attached to an aromatic ring is 1. The Balaban J connectivity index is 1.53. The molecule has 0 bridgehead atoms. The van der Waals surface area contributed by atoms with Crippen LogP contribution in [0.4, 0.5) is 22.9 Å². The zero-order chi connectivity index (χ0) is 22.7. The number of piperazine rings is 1. The van der Waals surface area contributed by atoms with Gasteiger partial charge in [0, 0.05) is 56.7 Å². The number of pyridine rings is 2. The molecule has 0 radical (unpaired) electrons. The summed E-state index contributed by atoms with van der Waals surface area (Å²) in [4.78, 5) is 25.8. The highest BCUT2D eigenvalue weighted by Crippen LogP contribution is 2.45. The third kappa shape index (κ3) is 4.88. The van der Waals surface area contributed by atoms with Gasteiger partial charge in [0.1, 0.15) is 0 Å². The fourth-order valence-corrected chi connectivity index (χ4v) is 4.16. The summed E-state index contributed by atoms with van der Waals surface area (Å²) in [5.74, 6) is 1.92. The van der Waals surface area contributed by atoms with Crippen LogP contribution in [0, 0.1) is 0 Å². The van der Waals surface area contributed by atoms with E-state index in [-0.39, 0.29) is 11.9 Å². The van der Waals surface area contributed by atoms with Gasteiger partial charge in [-0.1, -0.05) is 0 Å². The van der Waals surface area contributed by atoms with Crippen molar-refractivity contribution in [3.63, 3.8) is 0 Å². The standard InChI is InChI=1S/C23H32N6O3/c1-15-14-28(9-10-29(15)21(30)7-11-31-2)23-18(24)13-19(22(27-23)16-4-5-16)26-17-6-8-25-20(12-17)32-3/h6,8,12-13,15-16H,4-5,7,9-11,14,24H2,1-3H3,(H,25,26)/t15-/m1/s1. The smallest absolute Gasteiger partial charge is 0.225 e. The van der Waals surface area contributed by atoms with E-state index in [0.29, 0.717) is 50.1 Å². The summed E-state index contributed by atoms with van der Waals surface area (Å²) >= 11 is 0. The van der Waals surface area contributed by atoms with Crippen LogP contribution < -0.4 is 20.7 Å². The molecule has 0 aromatic carbocycles. The fourth-order valence-electron chi connectivity index (χ4n) is 4.16. The number of hydrogen-bond acceptors (Lipinski definition) is 8. The number of aromatic nitrogens is 2. The van der Waals surface area contributed by atoms with Gasteiger partial charge in [-0.2, -0.15) is 0 Å². The van der Waals surface area contributed by atoms with Crippen molar-refractivity contribution in [1.82, 2.24) is 14.9 Å². The summed E-state index contributed by atoms with van der Waals surface area (Å²) in [7, 11) is 3.21. The van der Waals surface area contributed by atoms with Gasteiger partial charge in [0.05, 0.1) is 37.2 Å². The van der Waals surface area contributed by atoms with Gasteiger partial charge in [-0.15, -0.1) is 0 Å². The van der Waals surface area contributed by atoms with Crippen LogP contribution in [0.15, 0.2) is 24.4 Å². The van der Waals surface area contributed by atoms with Gasteiger partial charge < -0.3 is 30.3 Å². The van der Waals surface area contributed by atoms with Gasteiger partial charge in [-0.3, -0.25) is 4.79 Å². The lowest BCUT2D eigenvalue weighted by molar-refractivity contribution is -0.134. The van der Waals surface area contributed by atoms with Crippen molar-refractivity contribution in [2.75, 3.05) is 56.4 Å². The minimum absolute atomic E-state index is 0.0840. The first-order valence-electron chi connectivity index (χ1n) is 11.1. The van der Waals surface area contributed by atoms with Crippen molar-refractivity contribution < 1.29 is 14.3 Å². The minimum atomic E-state index is 0.0840. The number of anilines is 4. The molecule has 9 heteroatoms. The first-order valence-corrected chi connectivity index (χ1v) is 11.1. The van der Waals surface area contributed by atoms with Crippen molar-refractivity contribution in [3.05, 3.63) is 30.1 Å². The van der Waals surface area contributed by atoms with E-state index in [1.165, 1.54) is 0 Å². The Labute approximate surface area is 188 Å². The van der Waals surface area contributed by atoms with E-state index >= 15 is 0 Å². The number of rotatable bonds is 8. The molecule has 0 spiro atoms. The maximum Gasteiger partial charge on any atom is 0.225 e. The molecular weight excluding hydrogens is 408 g/mol. The number of methoxy groups -OCH3 is 2. The molecule has 172 valence electrons. The monoisotopic (exact) mass is 440 g/mol. The van der Waals surface area contributed by atoms with Crippen LogP contribution in [-0.4, -0.2) is 67.3 Å². The number of hydrogen-bond donors (Lipinski definition) is 2. The van der Waals surface area contributed by atoms with Crippen molar-refractivity contribution in [2.24, 2.45) is 0 Å². The summed E-state index contributed by atoms with van der Waals surface area (Å²) in [6, 6.07) is 5.80. The lowest BCUT2D eigenvalue weighted by atomic mass is 10.1. The van der Waals surface area contributed by atoms with Crippen LogP contribution in [0.3, 0.4) is 0 Å². The second kappa shape index (κ2) is 9.60. The van der Waals surface area contributed by atoms with E-state index in [0.717, 1.165) is 35.7 Å². The topological polar surface area (TPSA) is 106 Å². The third-order valence-electron chi connectivity index (χ3n) is 6.01. The number of ether oxygens (including phenoxy) is 2. The van der Waals surface area contributed by atoms with E-state index in [9.17, 15) is 4.79 Å². The molecule has 1 aliphatic heterocycles. The normalized spacial score (nSPS) is 18.5. The molecule has 3 heterocycles. The lowest BCUT2D eigenvalue weighted by Crippen LogP contribution is -2.54. The average Bonchev–Trinajstić information content (AvgIpc) is 3.63. The zero-order valence-electron chi connectivity index (χ0n) is 19.0. The zero-order valence-corrected chi connectivity index (χ0v) is 19.0. The number of nitrogens with one attached hydrogen (secondary N) is 1. The molecule has 2 aliphatic rings. The van der Waals surface area contributed by atoms with Gasteiger partial charge in [-0.05, 0) is 31.9 Å². The van der Waals surface area contributed by atoms with Crippen LogP contribution in [-0.2, 0) is 9.53 Å². The first-order chi connectivity index (χ1) is 15.5. The molecule has 3 N–H and O–H groups in total. The summed E-state index contributed by atoms with van der Waals surface area (Å²) in [5, 5.41) is 3.44. The van der Waals surface area contributed by atoms with Gasteiger partial charge in [0.15, 0.2) is 5.82 Å². The van der Waals surface area contributed by atoms with Crippen molar-refractivity contribution in [2.45, 2.75) is 38.1 Å². The molecule has 0 unspecified atom stereocenters. The molecule has 1 saturated carbocycles. The Morgan fingerprint density at radius 2 is 2.09 bits per heavy atom. The minimum Gasteiger partial charge on any atom is -0.481 e. The molecule has 1 aliphatic carbocycles. The van der Waals surface area contributed by atoms with Crippen LogP contribution in [0.5, 0.6) is 5.88 Å². The highest BCUT2D eigenvalue weighted by Gasteiger charge is 2.32. The van der Waals surface area contributed by atoms with Gasteiger partial charge in [-0.25, -0.2) is 9.97 Å². The van der Waals surface area contributed by atoms with Crippen molar-refractivity contribution in [1.29, 1.82) is 0 Å². The van der Waals surface area contributed by atoms with Crippen LogP contribution in [0.1, 0.15) is 37.8 Å². The number of nitrogens with two attached hydrogens (primary N) is 1. The van der Waals surface area contributed by atoms with Crippen LogP contribution >= 0.6 is 0 Å². The molecule has 2 aromatic rings. The van der Waals surface area contributed by atoms with E-state index < -0.39 is 0 Å². The largest absolute Gasteiger partial charge is 0.481 e. The van der Waals surface area contributed by atoms with Crippen molar-refractivity contribution in [3.8, 4) is 5.88 Å². The van der Waals surface area contributed by atoms with Crippen LogP contribution in [0.2, 0.25) is 0 Å². The summed E-state index contributed by atoms with van der Waals surface area (Å²) in [6.07, 6.45) is 4.37. The van der Waals surface area contributed by atoms with Gasteiger partial charge in [0.25, 0.3) is 0 Å². The highest BCUT2D eigenvalue weighted by atomic mass is 16.5. The summed E-state index contributed by atoms with van der Waals surface area (Å²) in [6.45, 7) is 4.58. The SMILES string of the molecule is COCCC(=O)N1CCN(c2nc(C3CC3)c(Nc3ccnc(OC)c3)cc2N)C[C@H]1C. The number of carbonyl (C=O) groups is 1. The summed E-state index contributed by atoms with van der Waals surface area (Å²) < 4.78 is 10.3. The molecule has 2 fully saturated rings. The summed E-state index contributed by atoms with van der Waals surface area (Å²) in [5.41, 5.74) is 9.94. The Morgan fingerprint density at radius 1 is 1.28 bits per heavy atom. The van der Waals surface area contributed by atoms with E-state index in [2.05, 4.69) is 22.1 Å². The Hall–Kier alpha value is -3.07. The van der Waals surface area contributed by atoms with E-state index in [1.54, 1.807) is 20.4 Å². The molecule has 1 saturated heterocycles. The Kier molecular flexibility index (Phi) is 6.64. The molecule has 1 amide bonds. The van der Waals surface area contributed by atoms with Gasteiger partial charge >= 0.3 is 0 Å². The lowest BCUT2D eigenvalue weighted by Gasteiger charge is -2.41. The maximum absolute atomic E-state index is 12.5. The Morgan fingerprint density at radius 3 is 2.78 bits per heavy atom. The highest BCUT2D eigenvalue weighted by molar-refractivity contribution is 5.78. The predicted octanol–water partition coefficient (Wildman–Crippen LogP) is 2.76. The van der Waals surface area contributed by atoms with E-state index in [4.69, 9.17) is 20.2 Å². The Bertz CT molecular complexity index is 965. The number of nitrogens with zero attached hydrogens (tertiary/aromatic N) is 4. The van der Waals surface area contributed by atoms with Gasteiger partial charge in [0.2, 0.25) is 11.8 Å². The van der Waals surface area contributed by atoms with E-state index in [1.807, 2.05) is 23.1 Å². The molecule has 32 heavy (non-hydrogen) atoms. The molecule has 4 rings (SSSR count). The first kappa shape index (κ1) is 22.1. The third-order valence-corrected chi connectivity index (χ3v) is 6.01. The quantitative estimate of drug-likeness (QED) is 0.646.